The molecule has 1 atom stereocenters. The van der Waals surface area contributed by atoms with Crippen LogP contribution in [0.25, 0.3) is 0 Å². The number of aliphatic hydroxyl groups is 3. The molecule has 3 nitrogen and oxygen atoms in total. The van der Waals surface area contributed by atoms with E-state index in [-0.39, 0.29) is 24.2 Å². The molecule has 0 spiro atoms. The Hall–Kier alpha value is 0.750. The van der Waals surface area contributed by atoms with Crippen LogP contribution in [0.5, 0.6) is 0 Å². The molecule has 0 aromatic rings. The molecule has 6 heteroatoms. The Morgan fingerprint density at radius 1 is 0.833 bits per heavy atom. The Labute approximate surface area is 86.9 Å². The Bertz CT molecular complexity index is 66.4. The van der Waals surface area contributed by atoms with Gasteiger partial charge in [-0.3, -0.25) is 0 Å². The quantitative estimate of drug-likeness (QED) is 0.623. The molecule has 0 amide bonds. The minimum atomic E-state index is -0.744. The topological polar surface area (TPSA) is 60.7 Å². The molecule has 0 saturated carbocycles. The summed E-state index contributed by atoms with van der Waals surface area (Å²) in [6.07, 6.45) is -1.28. The van der Waals surface area contributed by atoms with Crippen molar-refractivity contribution in [3.63, 3.8) is 0 Å². The van der Waals surface area contributed by atoms with Crippen molar-refractivity contribution in [3.8, 4) is 0 Å². The molecular weight excluding hydrogens is 226 g/mol. The van der Waals surface area contributed by atoms with E-state index in [4.69, 9.17) is 50.1 Å². The van der Waals surface area contributed by atoms with Gasteiger partial charge in [-0.05, 0) is 0 Å². The van der Waals surface area contributed by atoms with Crippen molar-refractivity contribution < 1.29 is 15.3 Å². The summed E-state index contributed by atoms with van der Waals surface area (Å²) in [6.45, 7) is -0.247. The molecule has 0 aromatic heterocycles. The maximum atomic E-state index is 8.40. The van der Waals surface area contributed by atoms with Crippen molar-refractivity contribution in [2.24, 2.45) is 0 Å². The van der Waals surface area contributed by atoms with E-state index in [2.05, 4.69) is 0 Å². The Morgan fingerprint density at radius 3 is 1.17 bits per heavy atom. The van der Waals surface area contributed by atoms with Gasteiger partial charge >= 0.3 is 0 Å². The molecule has 1 unspecified atom stereocenters. The van der Waals surface area contributed by atoms with Gasteiger partial charge in [0.15, 0.2) is 0 Å². The first-order valence-corrected chi connectivity index (χ1v) is 4.87. The fraction of sp³-hybridized carbons (Fsp3) is 1.00. The molecule has 0 aromatic carbocycles. The average molecular weight is 240 g/mol. The minimum Gasteiger partial charge on any atom is -0.394 e. The first-order chi connectivity index (χ1) is 5.62. The van der Waals surface area contributed by atoms with Crippen LogP contribution in [0.4, 0.5) is 0 Å². The van der Waals surface area contributed by atoms with Gasteiger partial charge in [-0.1, -0.05) is 0 Å². The van der Waals surface area contributed by atoms with Crippen LogP contribution in [0, 0.1) is 0 Å². The van der Waals surface area contributed by atoms with E-state index in [1.54, 1.807) is 0 Å². The fourth-order valence-corrected chi connectivity index (χ4v) is 0.518. The van der Waals surface area contributed by atoms with Crippen LogP contribution in [0.2, 0.25) is 0 Å². The molecular formula is C6H13Cl3O3. The molecule has 0 aliphatic heterocycles. The zero-order valence-corrected chi connectivity index (χ0v) is 8.73. The van der Waals surface area contributed by atoms with Gasteiger partial charge in [0.2, 0.25) is 0 Å². The summed E-state index contributed by atoms with van der Waals surface area (Å²) in [6, 6.07) is 0. The van der Waals surface area contributed by atoms with Gasteiger partial charge in [0.1, 0.15) is 0 Å². The third-order valence-corrected chi connectivity index (χ3v) is 1.81. The maximum absolute atomic E-state index is 8.40. The van der Waals surface area contributed by atoms with Crippen molar-refractivity contribution >= 4 is 34.8 Å². The summed E-state index contributed by atoms with van der Waals surface area (Å²) < 4.78 is 0. The third-order valence-electron chi connectivity index (χ3n) is 0.745. The molecule has 0 fully saturated rings. The number of hydrogen-bond donors (Lipinski definition) is 3. The maximum Gasteiger partial charge on any atom is 0.0905 e. The van der Waals surface area contributed by atoms with E-state index in [0.717, 1.165) is 0 Å². The lowest BCUT2D eigenvalue weighted by molar-refractivity contribution is 0.112. The zero-order chi connectivity index (χ0) is 9.98. The van der Waals surface area contributed by atoms with Crippen molar-refractivity contribution in [3.05, 3.63) is 0 Å². The predicted molar refractivity (Wildman–Crippen MR) is 51.3 cm³/mol. The molecule has 0 saturated heterocycles. The van der Waals surface area contributed by atoms with Crippen LogP contribution in [-0.4, -0.2) is 51.8 Å². The van der Waals surface area contributed by atoms with Crippen molar-refractivity contribution in [2.75, 3.05) is 24.2 Å². The lowest BCUT2D eigenvalue weighted by Crippen LogP contribution is -2.12. The van der Waals surface area contributed by atoms with E-state index in [1.807, 2.05) is 0 Å². The van der Waals surface area contributed by atoms with Gasteiger partial charge < -0.3 is 15.3 Å². The number of alkyl halides is 3. The Morgan fingerprint density at radius 2 is 1.17 bits per heavy atom. The lowest BCUT2D eigenvalue weighted by Gasteiger charge is -1.95. The second-order valence-corrected chi connectivity index (χ2v) is 2.88. The smallest absolute Gasteiger partial charge is 0.0905 e. The van der Waals surface area contributed by atoms with Crippen LogP contribution in [0.3, 0.4) is 0 Å². The summed E-state index contributed by atoms with van der Waals surface area (Å²) in [5.41, 5.74) is 0. The summed E-state index contributed by atoms with van der Waals surface area (Å²) in [7, 11) is 0. The van der Waals surface area contributed by atoms with Crippen molar-refractivity contribution in [1.29, 1.82) is 0 Å². The van der Waals surface area contributed by atoms with Crippen LogP contribution >= 0.6 is 34.8 Å². The minimum absolute atomic E-state index is 0.108. The third kappa shape index (κ3) is 13.3. The Balaban J connectivity index is 0. The molecule has 0 heterocycles. The number of hydrogen-bond acceptors (Lipinski definition) is 3. The second-order valence-electron chi connectivity index (χ2n) is 1.95. The van der Waals surface area contributed by atoms with E-state index in [0.29, 0.717) is 0 Å². The monoisotopic (exact) mass is 238 g/mol. The highest BCUT2D eigenvalue weighted by atomic mass is 35.5. The van der Waals surface area contributed by atoms with E-state index >= 15 is 0 Å². The average Bonchev–Trinajstić information content (AvgIpc) is 2.16. The van der Waals surface area contributed by atoms with E-state index in [1.165, 1.54) is 0 Å². The van der Waals surface area contributed by atoms with Crippen LogP contribution in [-0.2, 0) is 0 Å². The molecule has 0 rings (SSSR count). The predicted octanol–water partition coefficient (Wildman–Crippen LogP) is 0.403. The highest BCUT2D eigenvalue weighted by molar-refractivity contribution is 6.21. The lowest BCUT2D eigenvalue weighted by atomic mass is 10.5. The number of halogens is 3. The van der Waals surface area contributed by atoms with Crippen molar-refractivity contribution in [2.45, 2.75) is 12.2 Å². The van der Waals surface area contributed by atoms with Crippen LogP contribution in [0.1, 0.15) is 0 Å². The van der Waals surface area contributed by atoms with E-state index < -0.39 is 12.2 Å². The summed E-state index contributed by atoms with van der Waals surface area (Å²) >= 11 is 15.3. The van der Waals surface area contributed by atoms with Crippen molar-refractivity contribution in [1.82, 2.24) is 0 Å². The van der Waals surface area contributed by atoms with Gasteiger partial charge in [0.25, 0.3) is 0 Å². The molecule has 0 aliphatic carbocycles. The van der Waals surface area contributed by atoms with Gasteiger partial charge in [-0.25, -0.2) is 0 Å². The fourth-order valence-electron chi connectivity index (χ4n) is 0.0900. The number of aliphatic hydroxyl groups excluding tert-OH is 3. The molecule has 76 valence electrons. The molecule has 0 aliphatic rings. The normalized spacial score (nSPS) is 12.2. The summed E-state index contributed by atoms with van der Waals surface area (Å²) in [4.78, 5) is 0. The van der Waals surface area contributed by atoms with E-state index in [9.17, 15) is 0 Å². The van der Waals surface area contributed by atoms with Gasteiger partial charge in [-0.2, -0.15) is 0 Å². The Kier molecular flexibility index (Phi) is 14.9. The zero-order valence-electron chi connectivity index (χ0n) is 6.46. The summed E-state index contributed by atoms with van der Waals surface area (Å²) in [5, 5.41) is 24.7. The second kappa shape index (κ2) is 11.8. The standard InChI is InChI=1S/C3H6Cl2O.C3H7ClO2/c2*4-1-3(6)2-5/h3,6H,1-2H2;3,5-6H,1-2H2. The molecule has 3 N–H and O–H groups in total. The number of rotatable bonds is 4. The van der Waals surface area contributed by atoms with Gasteiger partial charge in [0, 0.05) is 11.8 Å². The molecule has 0 radical (unpaired) electrons. The first kappa shape index (κ1) is 15.2. The summed E-state index contributed by atoms with van der Waals surface area (Å²) in [5.74, 6) is 0.559. The SMILES string of the molecule is OC(CCl)CCl.OCC(O)CCl. The van der Waals surface area contributed by atoms with Gasteiger partial charge in [-0.15, -0.1) is 34.8 Å². The molecule has 12 heavy (non-hydrogen) atoms. The first-order valence-electron chi connectivity index (χ1n) is 3.27. The largest absolute Gasteiger partial charge is 0.394 e. The van der Waals surface area contributed by atoms with Crippen LogP contribution in [0.15, 0.2) is 0 Å². The van der Waals surface area contributed by atoms with Crippen LogP contribution < -0.4 is 0 Å². The van der Waals surface area contributed by atoms with Gasteiger partial charge in [0.05, 0.1) is 24.7 Å². The highest BCUT2D eigenvalue weighted by Crippen LogP contribution is 1.88. The molecule has 0 bridgehead atoms. The highest BCUT2D eigenvalue weighted by Gasteiger charge is 1.94.